The molecule has 0 heterocycles. The Hall–Kier alpha value is -4.68. The summed E-state index contributed by atoms with van der Waals surface area (Å²) in [6.07, 6.45) is 0.613. The van der Waals surface area contributed by atoms with Gasteiger partial charge < -0.3 is 0 Å². The van der Waals surface area contributed by atoms with Crippen LogP contribution in [0.3, 0.4) is 0 Å². The SMILES string of the molecule is O=C(CC(c1cccc(C(CC(=O)c2ccc(Cl)cc2)P(c2ccccc2)c2ccccc2)c1)P(c1ccccc1)c1ccccc1)c1ccc(Cl)cc1. The first-order valence-electron chi connectivity index (χ1n) is 17.9. The first-order chi connectivity index (χ1) is 26.4. The Labute approximate surface area is 330 Å². The topological polar surface area (TPSA) is 34.1 Å². The van der Waals surface area contributed by atoms with Gasteiger partial charge in [0.15, 0.2) is 11.6 Å². The maximum atomic E-state index is 14.2. The van der Waals surface area contributed by atoms with Gasteiger partial charge in [0.05, 0.1) is 0 Å². The summed E-state index contributed by atoms with van der Waals surface area (Å²) in [6.45, 7) is 0. The number of carbonyl (C=O) groups is 2. The van der Waals surface area contributed by atoms with E-state index in [1.807, 2.05) is 48.5 Å². The van der Waals surface area contributed by atoms with Crippen molar-refractivity contribution < 1.29 is 9.59 Å². The van der Waals surface area contributed by atoms with Gasteiger partial charge in [0.25, 0.3) is 0 Å². The van der Waals surface area contributed by atoms with Crippen LogP contribution < -0.4 is 21.2 Å². The molecule has 0 aliphatic heterocycles. The first-order valence-corrected chi connectivity index (χ1v) is 21.5. The molecule has 2 atom stereocenters. The summed E-state index contributed by atoms with van der Waals surface area (Å²) in [5.41, 5.74) is 3.13. The molecule has 2 unspecified atom stereocenters. The average molecular weight is 780 g/mol. The van der Waals surface area contributed by atoms with E-state index in [2.05, 4.69) is 121 Å². The lowest BCUT2D eigenvalue weighted by Crippen LogP contribution is -2.21. The van der Waals surface area contributed by atoms with E-state index >= 15 is 0 Å². The molecule has 0 saturated carbocycles. The minimum Gasteiger partial charge on any atom is -0.294 e. The van der Waals surface area contributed by atoms with Crippen molar-refractivity contribution in [3.05, 3.63) is 226 Å². The van der Waals surface area contributed by atoms with Crippen molar-refractivity contribution in [3.8, 4) is 0 Å². The van der Waals surface area contributed by atoms with Crippen LogP contribution >= 0.6 is 39.0 Å². The molecular formula is C48H38Cl2O2P2. The van der Waals surface area contributed by atoms with Gasteiger partial charge >= 0.3 is 0 Å². The standard InChI is InChI=1S/C48H38Cl2O2P2/c49-39-28-24-35(25-29-39)45(51)33-47(53(41-16-5-1-6-17-41)42-18-7-2-8-19-42)37-14-13-15-38(32-37)48(34-46(52)36-26-30-40(50)31-27-36)54(43-20-9-3-10-21-43)44-22-11-4-12-23-44/h1-32,47-48H,33-34H2. The lowest BCUT2D eigenvalue weighted by atomic mass is 9.97. The minimum atomic E-state index is -1.03. The van der Waals surface area contributed by atoms with Crippen LogP contribution in [0.2, 0.25) is 10.0 Å². The van der Waals surface area contributed by atoms with Crippen LogP contribution in [0.15, 0.2) is 194 Å². The second-order valence-electron chi connectivity index (χ2n) is 13.1. The van der Waals surface area contributed by atoms with Gasteiger partial charge in [0.1, 0.15) is 0 Å². The molecule has 54 heavy (non-hydrogen) atoms. The van der Waals surface area contributed by atoms with Gasteiger partial charge in [0, 0.05) is 45.3 Å². The summed E-state index contributed by atoms with van der Waals surface area (Å²) in [6, 6.07) is 65.3. The zero-order chi connectivity index (χ0) is 37.3. The third kappa shape index (κ3) is 9.15. The average Bonchev–Trinajstić information content (AvgIpc) is 3.22. The van der Waals surface area contributed by atoms with Crippen LogP contribution in [0.5, 0.6) is 0 Å². The molecule has 7 aromatic rings. The van der Waals surface area contributed by atoms with Crippen molar-refractivity contribution in [2.45, 2.75) is 24.2 Å². The smallest absolute Gasteiger partial charge is 0.163 e. The number of hydrogen-bond acceptors (Lipinski definition) is 2. The molecule has 0 fully saturated rings. The third-order valence-electron chi connectivity index (χ3n) is 9.53. The minimum absolute atomic E-state index is 0.0618. The van der Waals surface area contributed by atoms with Gasteiger partial charge in [0.2, 0.25) is 0 Å². The number of carbonyl (C=O) groups excluding carboxylic acids is 2. The van der Waals surface area contributed by atoms with Gasteiger partial charge in [-0.1, -0.05) is 169 Å². The molecule has 7 aromatic carbocycles. The van der Waals surface area contributed by atoms with Crippen LogP contribution in [0.25, 0.3) is 0 Å². The fourth-order valence-corrected chi connectivity index (χ4v) is 12.8. The number of benzene rings is 7. The molecule has 0 spiro atoms. The third-order valence-corrected chi connectivity index (χ3v) is 15.7. The molecule has 0 amide bonds. The van der Waals surface area contributed by atoms with Crippen LogP contribution in [0, 0.1) is 0 Å². The van der Waals surface area contributed by atoms with E-state index in [-0.39, 0.29) is 22.9 Å². The number of ketones is 2. The Bertz CT molecular complexity index is 2040. The highest BCUT2D eigenvalue weighted by molar-refractivity contribution is 7.73. The molecule has 0 saturated heterocycles. The Balaban J connectivity index is 1.39. The Morgan fingerprint density at radius 3 is 0.981 bits per heavy atom. The van der Waals surface area contributed by atoms with Gasteiger partial charge in [-0.05, 0) is 96.7 Å². The molecule has 6 heteroatoms. The Morgan fingerprint density at radius 2 is 0.685 bits per heavy atom. The molecule has 7 rings (SSSR count). The zero-order valence-corrected chi connectivity index (χ0v) is 32.8. The van der Waals surface area contributed by atoms with E-state index in [0.29, 0.717) is 34.0 Å². The largest absolute Gasteiger partial charge is 0.294 e. The fraction of sp³-hybridized carbons (Fsp3) is 0.0833. The molecule has 0 bridgehead atoms. The number of Topliss-reactive ketones (excluding diaryl/α,β-unsaturated/α-hetero) is 2. The highest BCUT2D eigenvalue weighted by atomic mass is 35.5. The van der Waals surface area contributed by atoms with Crippen LogP contribution in [-0.4, -0.2) is 11.6 Å². The van der Waals surface area contributed by atoms with Gasteiger partial charge in [-0.15, -0.1) is 0 Å². The van der Waals surface area contributed by atoms with Crippen LogP contribution in [-0.2, 0) is 0 Å². The van der Waals surface area contributed by atoms with E-state index < -0.39 is 15.8 Å². The number of rotatable bonds is 14. The van der Waals surface area contributed by atoms with Crippen molar-refractivity contribution in [2.24, 2.45) is 0 Å². The molecule has 0 aliphatic rings. The predicted molar refractivity (Wildman–Crippen MR) is 231 cm³/mol. The molecule has 2 nitrogen and oxygen atoms in total. The first kappa shape index (κ1) is 37.6. The van der Waals surface area contributed by atoms with Crippen molar-refractivity contribution >= 4 is 71.8 Å². The lowest BCUT2D eigenvalue weighted by molar-refractivity contribution is 0.0974. The number of hydrogen-bond donors (Lipinski definition) is 0. The summed E-state index contributed by atoms with van der Waals surface area (Å²) in [7, 11) is -2.06. The van der Waals surface area contributed by atoms with Crippen LogP contribution in [0.1, 0.15) is 56.0 Å². The fourth-order valence-electron chi connectivity index (χ4n) is 6.92. The predicted octanol–water partition coefficient (Wildman–Crippen LogP) is 11.9. The van der Waals surface area contributed by atoms with Gasteiger partial charge in [-0.25, -0.2) is 0 Å². The van der Waals surface area contributed by atoms with E-state index in [4.69, 9.17) is 23.2 Å². The van der Waals surface area contributed by atoms with Crippen molar-refractivity contribution in [1.82, 2.24) is 0 Å². The van der Waals surface area contributed by atoms with Crippen molar-refractivity contribution in [2.75, 3.05) is 0 Å². The van der Waals surface area contributed by atoms with Crippen molar-refractivity contribution in [3.63, 3.8) is 0 Å². The summed E-state index contributed by atoms with van der Waals surface area (Å²) < 4.78 is 0. The maximum Gasteiger partial charge on any atom is 0.163 e. The highest BCUT2D eigenvalue weighted by Gasteiger charge is 2.32. The van der Waals surface area contributed by atoms with E-state index in [1.54, 1.807) is 24.3 Å². The quantitative estimate of drug-likeness (QED) is 0.0814. The van der Waals surface area contributed by atoms with Crippen LogP contribution in [0.4, 0.5) is 0 Å². The molecular weight excluding hydrogens is 741 g/mol. The Morgan fingerprint density at radius 1 is 0.389 bits per heavy atom. The monoisotopic (exact) mass is 778 g/mol. The summed E-state index contributed by atoms with van der Waals surface area (Å²) in [5.74, 6) is 0.124. The second kappa shape index (κ2) is 18.1. The zero-order valence-electron chi connectivity index (χ0n) is 29.5. The lowest BCUT2D eigenvalue weighted by Gasteiger charge is -2.32. The normalized spacial score (nSPS) is 12.4. The van der Waals surface area contributed by atoms with E-state index in [0.717, 1.165) is 11.1 Å². The molecule has 0 aromatic heterocycles. The highest BCUT2D eigenvalue weighted by Crippen LogP contribution is 2.55. The molecule has 0 aliphatic carbocycles. The van der Waals surface area contributed by atoms with Gasteiger partial charge in [-0.2, -0.15) is 0 Å². The second-order valence-corrected chi connectivity index (χ2v) is 18.7. The summed E-state index contributed by atoms with van der Waals surface area (Å²) >= 11 is 12.5. The van der Waals surface area contributed by atoms with E-state index in [1.165, 1.54) is 21.2 Å². The molecule has 0 N–H and O–H groups in total. The summed E-state index contributed by atoms with van der Waals surface area (Å²) in [5, 5.41) is 5.98. The molecule has 266 valence electrons. The maximum absolute atomic E-state index is 14.2. The Kier molecular flexibility index (Phi) is 12.6. The van der Waals surface area contributed by atoms with Crippen molar-refractivity contribution in [1.29, 1.82) is 0 Å². The van der Waals surface area contributed by atoms with E-state index in [9.17, 15) is 9.59 Å². The molecule has 0 radical (unpaired) electrons. The number of halogens is 2. The van der Waals surface area contributed by atoms with Gasteiger partial charge in [-0.3, -0.25) is 9.59 Å². The summed E-state index contributed by atoms with van der Waals surface area (Å²) in [4.78, 5) is 28.5.